The molecule has 1 amide bonds. The fraction of sp³-hybridized carbons (Fsp3) is 0.188. The molecule has 0 heterocycles. The molecule has 21 heavy (non-hydrogen) atoms. The highest BCUT2D eigenvalue weighted by Crippen LogP contribution is 2.18. The number of hydrogen-bond donors (Lipinski definition) is 2. The highest BCUT2D eigenvalue weighted by Gasteiger charge is 2.17. The summed E-state index contributed by atoms with van der Waals surface area (Å²) < 4.78 is 27.2. The highest BCUT2D eigenvalue weighted by molar-refractivity contribution is 6.05. The Morgan fingerprint density at radius 3 is 2.38 bits per heavy atom. The Hall–Kier alpha value is -2.27. The fourth-order valence-electron chi connectivity index (χ4n) is 1.96. The van der Waals surface area contributed by atoms with Gasteiger partial charge in [-0.25, -0.2) is 8.78 Å². The number of rotatable bonds is 5. The lowest BCUT2D eigenvalue weighted by molar-refractivity contribution is 0.101. The molecule has 0 radical (unpaired) electrons. The minimum Gasteiger partial charge on any atom is -0.322 e. The molecule has 0 unspecified atom stereocenters. The molecule has 3 nitrogen and oxygen atoms in total. The van der Waals surface area contributed by atoms with Crippen molar-refractivity contribution in [3.8, 4) is 0 Å². The second-order valence-corrected chi connectivity index (χ2v) is 4.49. The molecule has 5 heteroatoms. The molecule has 0 atom stereocenters. The summed E-state index contributed by atoms with van der Waals surface area (Å²) in [6.07, 6.45) is 0. The molecule has 110 valence electrons. The third-order valence-corrected chi connectivity index (χ3v) is 3.02. The largest absolute Gasteiger partial charge is 0.322 e. The Bertz CT molecular complexity index is 624. The summed E-state index contributed by atoms with van der Waals surface area (Å²) in [6.45, 7) is 3.31. The van der Waals surface area contributed by atoms with Crippen molar-refractivity contribution in [3.05, 3.63) is 65.2 Å². The Labute approximate surface area is 122 Å². The third kappa shape index (κ3) is 3.64. The maximum Gasteiger partial charge on any atom is 0.261 e. The first-order valence-electron chi connectivity index (χ1n) is 6.67. The normalized spacial score (nSPS) is 10.4. The van der Waals surface area contributed by atoms with Crippen molar-refractivity contribution in [1.29, 1.82) is 0 Å². The van der Waals surface area contributed by atoms with Crippen molar-refractivity contribution < 1.29 is 13.6 Å². The molecule has 2 aromatic rings. The summed E-state index contributed by atoms with van der Waals surface area (Å²) >= 11 is 0. The second-order valence-electron chi connectivity index (χ2n) is 4.49. The number of halogens is 2. The quantitative estimate of drug-likeness (QED) is 0.887. The highest BCUT2D eigenvalue weighted by atomic mass is 19.1. The molecule has 0 aliphatic carbocycles. The van der Waals surface area contributed by atoms with Gasteiger partial charge in [-0.1, -0.05) is 31.2 Å². The Morgan fingerprint density at radius 1 is 1.05 bits per heavy atom. The van der Waals surface area contributed by atoms with Crippen LogP contribution in [-0.2, 0) is 6.54 Å². The minimum absolute atomic E-state index is 0.533. The van der Waals surface area contributed by atoms with Gasteiger partial charge in [-0.05, 0) is 30.3 Å². The SMILES string of the molecule is CCNCc1ccccc1NC(=O)c1c(F)cccc1F. The number of anilines is 1. The third-order valence-electron chi connectivity index (χ3n) is 3.02. The van der Waals surface area contributed by atoms with Gasteiger partial charge in [0.2, 0.25) is 0 Å². The van der Waals surface area contributed by atoms with Crippen molar-refractivity contribution >= 4 is 11.6 Å². The molecule has 2 rings (SSSR count). The molecule has 0 aliphatic rings. The summed E-state index contributed by atoms with van der Waals surface area (Å²) in [6, 6.07) is 10.5. The molecule has 0 aliphatic heterocycles. The maximum absolute atomic E-state index is 13.6. The van der Waals surface area contributed by atoms with Gasteiger partial charge in [0, 0.05) is 12.2 Å². The molecule has 2 N–H and O–H groups in total. The van der Waals surface area contributed by atoms with Crippen LogP contribution in [0.5, 0.6) is 0 Å². The first kappa shape index (κ1) is 15.1. The van der Waals surface area contributed by atoms with Crippen LogP contribution in [0.3, 0.4) is 0 Å². The van der Waals surface area contributed by atoms with Crippen LogP contribution in [0.1, 0.15) is 22.8 Å². The van der Waals surface area contributed by atoms with Crippen molar-refractivity contribution in [2.75, 3.05) is 11.9 Å². The number of benzene rings is 2. The predicted molar refractivity (Wildman–Crippen MR) is 78.1 cm³/mol. The van der Waals surface area contributed by atoms with Gasteiger partial charge in [0.05, 0.1) is 0 Å². The molecule has 0 spiro atoms. The van der Waals surface area contributed by atoms with Crippen LogP contribution in [0.4, 0.5) is 14.5 Å². The van der Waals surface area contributed by atoms with Crippen LogP contribution >= 0.6 is 0 Å². The first-order chi connectivity index (χ1) is 10.1. The van der Waals surface area contributed by atoms with Crippen LogP contribution in [-0.4, -0.2) is 12.5 Å². The van der Waals surface area contributed by atoms with Crippen molar-refractivity contribution in [3.63, 3.8) is 0 Å². The standard InChI is InChI=1S/C16H16F2N2O/c1-2-19-10-11-6-3-4-9-14(11)20-16(21)15-12(17)7-5-8-13(15)18/h3-9,19H,2,10H2,1H3,(H,20,21). The number of para-hydroxylation sites is 1. The summed E-state index contributed by atoms with van der Waals surface area (Å²) in [7, 11) is 0. The van der Waals surface area contributed by atoms with Gasteiger partial charge in [0.1, 0.15) is 17.2 Å². The van der Waals surface area contributed by atoms with E-state index in [9.17, 15) is 13.6 Å². The van der Waals surface area contributed by atoms with Crippen molar-refractivity contribution in [2.24, 2.45) is 0 Å². The van der Waals surface area contributed by atoms with Gasteiger partial charge in [-0.3, -0.25) is 4.79 Å². The Kier molecular flexibility index (Phi) is 5.00. The van der Waals surface area contributed by atoms with Gasteiger partial charge in [-0.15, -0.1) is 0 Å². The maximum atomic E-state index is 13.6. The zero-order chi connectivity index (χ0) is 15.2. The van der Waals surface area contributed by atoms with Gasteiger partial charge in [0.15, 0.2) is 0 Å². The lowest BCUT2D eigenvalue weighted by atomic mass is 10.1. The lowest BCUT2D eigenvalue weighted by Gasteiger charge is -2.12. The van der Waals surface area contributed by atoms with Gasteiger partial charge in [-0.2, -0.15) is 0 Å². The smallest absolute Gasteiger partial charge is 0.261 e. The number of carbonyl (C=O) groups excluding carboxylic acids is 1. The first-order valence-corrected chi connectivity index (χ1v) is 6.67. The average Bonchev–Trinajstić information content (AvgIpc) is 2.46. The van der Waals surface area contributed by atoms with E-state index >= 15 is 0 Å². The second kappa shape index (κ2) is 6.95. The van der Waals surface area contributed by atoms with Crippen molar-refractivity contribution in [2.45, 2.75) is 13.5 Å². The van der Waals surface area contributed by atoms with Crippen LogP contribution in [0.15, 0.2) is 42.5 Å². The molecule has 0 fully saturated rings. The Morgan fingerprint density at radius 2 is 1.71 bits per heavy atom. The summed E-state index contributed by atoms with van der Waals surface area (Å²) in [5.74, 6) is -2.55. The van der Waals surface area contributed by atoms with Crippen LogP contribution in [0.2, 0.25) is 0 Å². The monoisotopic (exact) mass is 290 g/mol. The molecule has 0 saturated heterocycles. The summed E-state index contributed by atoms with van der Waals surface area (Å²) in [4.78, 5) is 12.1. The number of carbonyl (C=O) groups is 1. The minimum atomic E-state index is -0.878. The molecule has 0 bridgehead atoms. The van der Waals surface area contributed by atoms with Gasteiger partial charge >= 0.3 is 0 Å². The van der Waals surface area contributed by atoms with E-state index in [2.05, 4.69) is 10.6 Å². The van der Waals surface area contributed by atoms with Crippen LogP contribution < -0.4 is 10.6 Å². The van der Waals surface area contributed by atoms with E-state index in [-0.39, 0.29) is 0 Å². The molecule has 0 saturated carbocycles. The van der Waals surface area contributed by atoms with E-state index in [1.54, 1.807) is 12.1 Å². The molecular formula is C16H16F2N2O. The zero-order valence-corrected chi connectivity index (χ0v) is 11.6. The van der Waals surface area contributed by atoms with E-state index in [0.29, 0.717) is 12.2 Å². The molecule has 2 aromatic carbocycles. The van der Waals surface area contributed by atoms with Crippen molar-refractivity contribution in [1.82, 2.24) is 5.32 Å². The summed E-state index contributed by atoms with van der Waals surface area (Å²) in [5.41, 5.74) is 0.811. The van der Waals surface area contributed by atoms with Crippen LogP contribution in [0.25, 0.3) is 0 Å². The molecule has 0 aromatic heterocycles. The van der Waals surface area contributed by atoms with Crippen LogP contribution in [0, 0.1) is 11.6 Å². The fourth-order valence-corrected chi connectivity index (χ4v) is 1.96. The van der Waals surface area contributed by atoms with E-state index in [0.717, 1.165) is 24.2 Å². The predicted octanol–water partition coefficient (Wildman–Crippen LogP) is 3.33. The number of amides is 1. The lowest BCUT2D eigenvalue weighted by Crippen LogP contribution is -2.19. The topological polar surface area (TPSA) is 41.1 Å². The number of hydrogen-bond acceptors (Lipinski definition) is 2. The van der Waals surface area contributed by atoms with E-state index < -0.39 is 23.1 Å². The van der Waals surface area contributed by atoms with E-state index in [1.165, 1.54) is 6.07 Å². The number of nitrogens with one attached hydrogen (secondary N) is 2. The Balaban J connectivity index is 2.24. The van der Waals surface area contributed by atoms with Gasteiger partial charge < -0.3 is 10.6 Å². The van der Waals surface area contributed by atoms with Gasteiger partial charge in [0.25, 0.3) is 5.91 Å². The van der Waals surface area contributed by atoms with E-state index in [4.69, 9.17) is 0 Å². The zero-order valence-electron chi connectivity index (χ0n) is 11.6. The molecular weight excluding hydrogens is 274 g/mol. The van der Waals surface area contributed by atoms with E-state index in [1.807, 2.05) is 19.1 Å². The summed E-state index contributed by atoms with van der Waals surface area (Å²) in [5, 5.41) is 5.70. The average molecular weight is 290 g/mol.